The summed E-state index contributed by atoms with van der Waals surface area (Å²) < 4.78 is 1.52. The number of para-hydroxylation sites is 1. The number of aromatic nitrogens is 3. The molecule has 0 aliphatic rings. The number of carbonyl (C=O) groups excluding carboxylic acids is 2. The van der Waals surface area contributed by atoms with E-state index >= 15 is 0 Å². The fourth-order valence-electron chi connectivity index (χ4n) is 2.46. The Morgan fingerprint density at radius 3 is 2.30 bits per heavy atom. The van der Waals surface area contributed by atoms with Gasteiger partial charge in [-0.05, 0) is 31.2 Å². The van der Waals surface area contributed by atoms with Gasteiger partial charge in [-0.15, -0.1) is 5.10 Å². The van der Waals surface area contributed by atoms with Gasteiger partial charge in [-0.3, -0.25) is 9.59 Å². The van der Waals surface area contributed by atoms with Gasteiger partial charge >= 0.3 is 0 Å². The summed E-state index contributed by atoms with van der Waals surface area (Å²) >= 11 is 6.17. The van der Waals surface area contributed by atoms with E-state index in [-0.39, 0.29) is 18.3 Å². The van der Waals surface area contributed by atoms with E-state index in [2.05, 4.69) is 20.7 Å². The first-order valence-corrected chi connectivity index (χ1v) is 8.74. The van der Waals surface area contributed by atoms with E-state index in [1.807, 2.05) is 18.2 Å². The summed E-state index contributed by atoms with van der Waals surface area (Å²) in [6.45, 7) is 2.30. The summed E-state index contributed by atoms with van der Waals surface area (Å²) in [6, 6.07) is 16.1. The Bertz CT molecular complexity index is 956. The summed E-state index contributed by atoms with van der Waals surface area (Å²) in [5.41, 5.74) is 1.22. The number of amides is 2. The maximum absolute atomic E-state index is 12.2. The number of nitrogens with zero attached hydrogens (tertiary/aromatic N) is 3. The average molecular weight is 384 g/mol. The minimum absolute atomic E-state index is 0.0433. The first-order chi connectivity index (χ1) is 13.1. The third-order valence-electron chi connectivity index (χ3n) is 3.78. The lowest BCUT2D eigenvalue weighted by Gasteiger charge is -2.06. The topological polar surface area (TPSA) is 88.9 Å². The number of rotatable bonds is 6. The van der Waals surface area contributed by atoms with Crippen LogP contribution in [-0.4, -0.2) is 39.7 Å². The lowest BCUT2D eigenvalue weighted by molar-refractivity contribution is 0.0922. The van der Waals surface area contributed by atoms with Crippen LogP contribution in [0.4, 0.5) is 0 Å². The van der Waals surface area contributed by atoms with Crippen molar-refractivity contribution in [3.8, 4) is 5.69 Å². The van der Waals surface area contributed by atoms with Crippen molar-refractivity contribution in [1.82, 2.24) is 25.4 Å². The molecule has 0 spiro atoms. The van der Waals surface area contributed by atoms with Crippen molar-refractivity contribution in [2.75, 3.05) is 13.1 Å². The Hall–Kier alpha value is -3.19. The van der Waals surface area contributed by atoms with Gasteiger partial charge in [-0.1, -0.05) is 41.9 Å². The molecular formula is C19H18ClN5O2. The van der Waals surface area contributed by atoms with Gasteiger partial charge in [0.05, 0.1) is 10.7 Å². The first kappa shape index (κ1) is 18.6. The molecule has 2 N–H and O–H groups in total. The van der Waals surface area contributed by atoms with Crippen LogP contribution >= 0.6 is 11.6 Å². The summed E-state index contributed by atoms with van der Waals surface area (Å²) in [7, 11) is 0. The Balaban J connectivity index is 1.55. The van der Waals surface area contributed by atoms with Crippen LogP contribution < -0.4 is 10.6 Å². The quantitative estimate of drug-likeness (QED) is 0.639. The summed E-state index contributed by atoms with van der Waals surface area (Å²) in [5, 5.41) is 10.2. The molecule has 1 aromatic heterocycles. The molecule has 27 heavy (non-hydrogen) atoms. The van der Waals surface area contributed by atoms with E-state index in [0.29, 0.717) is 28.6 Å². The molecule has 0 saturated carbocycles. The second-order valence-corrected chi connectivity index (χ2v) is 6.13. The molecule has 138 valence electrons. The van der Waals surface area contributed by atoms with Crippen molar-refractivity contribution in [2.45, 2.75) is 6.92 Å². The molecule has 8 heteroatoms. The van der Waals surface area contributed by atoms with Crippen molar-refractivity contribution in [2.24, 2.45) is 0 Å². The van der Waals surface area contributed by atoms with Crippen molar-refractivity contribution in [1.29, 1.82) is 0 Å². The predicted octanol–water partition coefficient (Wildman–Crippen LogP) is 2.39. The molecule has 3 aromatic rings. The number of hydrogen-bond acceptors (Lipinski definition) is 4. The summed E-state index contributed by atoms with van der Waals surface area (Å²) in [4.78, 5) is 28.4. The smallest absolute Gasteiger partial charge is 0.291 e. The predicted molar refractivity (Wildman–Crippen MR) is 102 cm³/mol. The van der Waals surface area contributed by atoms with Crippen molar-refractivity contribution in [3.05, 3.63) is 76.8 Å². The minimum atomic E-state index is -0.419. The van der Waals surface area contributed by atoms with Gasteiger partial charge in [0, 0.05) is 18.7 Å². The fraction of sp³-hybridized carbons (Fsp3) is 0.158. The van der Waals surface area contributed by atoms with E-state index in [1.165, 1.54) is 4.68 Å². The van der Waals surface area contributed by atoms with Gasteiger partial charge in [-0.2, -0.15) is 0 Å². The van der Waals surface area contributed by atoms with Gasteiger partial charge in [0.1, 0.15) is 5.82 Å². The second kappa shape index (κ2) is 8.46. The zero-order chi connectivity index (χ0) is 19.2. The van der Waals surface area contributed by atoms with Gasteiger partial charge < -0.3 is 10.6 Å². The molecule has 1 heterocycles. The zero-order valence-corrected chi connectivity index (χ0v) is 15.4. The number of carbonyl (C=O) groups is 2. The first-order valence-electron chi connectivity index (χ1n) is 8.36. The highest BCUT2D eigenvalue weighted by atomic mass is 35.5. The SMILES string of the molecule is Cc1nc(C(=O)NCCNC(=O)c2ccccc2)nn1-c1ccccc1Cl. The number of nitrogens with one attached hydrogen (secondary N) is 2. The fourth-order valence-corrected chi connectivity index (χ4v) is 2.68. The molecule has 0 atom stereocenters. The Kier molecular flexibility index (Phi) is 5.83. The summed E-state index contributed by atoms with van der Waals surface area (Å²) in [5.74, 6) is -0.0212. The van der Waals surface area contributed by atoms with Crippen molar-refractivity contribution < 1.29 is 9.59 Å². The molecule has 2 amide bonds. The maximum atomic E-state index is 12.2. The van der Waals surface area contributed by atoms with E-state index in [1.54, 1.807) is 43.3 Å². The third-order valence-corrected chi connectivity index (χ3v) is 4.10. The zero-order valence-electron chi connectivity index (χ0n) is 14.6. The summed E-state index contributed by atoms with van der Waals surface area (Å²) in [6.07, 6.45) is 0. The Morgan fingerprint density at radius 1 is 0.963 bits per heavy atom. The number of halogens is 1. The van der Waals surface area contributed by atoms with E-state index in [9.17, 15) is 9.59 Å². The molecule has 0 fully saturated rings. The van der Waals surface area contributed by atoms with Gasteiger partial charge in [0.15, 0.2) is 0 Å². The van der Waals surface area contributed by atoms with Crippen LogP contribution in [0, 0.1) is 6.92 Å². The van der Waals surface area contributed by atoms with E-state index in [4.69, 9.17) is 11.6 Å². The highest BCUT2D eigenvalue weighted by Crippen LogP contribution is 2.20. The number of hydrogen-bond donors (Lipinski definition) is 2. The highest BCUT2D eigenvalue weighted by molar-refractivity contribution is 6.32. The van der Waals surface area contributed by atoms with Crippen LogP contribution in [-0.2, 0) is 0 Å². The highest BCUT2D eigenvalue weighted by Gasteiger charge is 2.16. The van der Waals surface area contributed by atoms with Crippen molar-refractivity contribution >= 4 is 23.4 Å². The standard InChI is InChI=1S/C19H18ClN5O2/c1-13-23-17(24-25(13)16-10-6-5-9-15(16)20)19(27)22-12-11-21-18(26)14-7-3-2-4-8-14/h2-10H,11-12H2,1H3,(H,21,26)(H,22,27). The van der Waals surface area contributed by atoms with Crippen LogP contribution in [0.25, 0.3) is 5.69 Å². The van der Waals surface area contributed by atoms with Crippen LogP contribution in [0.2, 0.25) is 5.02 Å². The maximum Gasteiger partial charge on any atom is 0.291 e. The molecular weight excluding hydrogens is 366 g/mol. The Labute approximate surface area is 161 Å². The van der Waals surface area contributed by atoms with E-state index in [0.717, 1.165) is 0 Å². The average Bonchev–Trinajstić information content (AvgIpc) is 3.07. The lowest BCUT2D eigenvalue weighted by atomic mass is 10.2. The van der Waals surface area contributed by atoms with Crippen LogP contribution in [0.15, 0.2) is 54.6 Å². The molecule has 0 unspecified atom stereocenters. The normalized spacial score (nSPS) is 10.4. The molecule has 3 rings (SSSR count). The molecule has 0 radical (unpaired) electrons. The van der Waals surface area contributed by atoms with Gasteiger partial charge in [-0.25, -0.2) is 9.67 Å². The Morgan fingerprint density at radius 2 is 1.59 bits per heavy atom. The number of aryl methyl sites for hydroxylation is 1. The molecule has 0 aliphatic carbocycles. The van der Waals surface area contributed by atoms with Crippen LogP contribution in [0.5, 0.6) is 0 Å². The third kappa shape index (κ3) is 4.51. The second-order valence-electron chi connectivity index (χ2n) is 5.72. The van der Waals surface area contributed by atoms with Crippen molar-refractivity contribution in [3.63, 3.8) is 0 Å². The molecule has 0 saturated heterocycles. The largest absolute Gasteiger partial charge is 0.350 e. The van der Waals surface area contributed by atoms with Crippen LogP contribution in [0.3, 0.4) is 0 Å². The van der Waals surface area contributed by atoms with Gasteiger partial charge in [0.2, 0.25) is 5.82 Å². The van der Waals surface area contributed by atoms with Gasteiger partial charge in [0.25, 0.3) is 11.8 Å². The molecule has 2 aromatic carbocycles. The molecule has 7 nitrogen and oxygen atoms in total. The monoisotopic (exact) mass is 383 g/mol. The van der Waals surface area contributed by atoms with E-state index < -0.39 is 5.91 Å². The molecule has 0 bridgehead atoms. The molecule has 0 aliphatic heterocycles. The number of benzene rings is 2. The minimum Gasteiger partial charge on any atom is -0.350 e. The van der Waals surface area contributed by atoms with Crippen LogP contribution in [0.1, 0.15) is 26.8 Å². The lowest BCUT2D eigenvalue weighted by Crippen LogP contribution is -2.35.